The summed E-state index contributed by atoms with van der Waals surface area (Å²) in [6.07, 6.45) is 4.77. The molecule has 3 aliphatic heterocycles. The molecule has 2 amide bonds. The van der Waals surface area contributed by atoms with Crippen LogP contribution in [-0.2, 0) is 23.3 Å². The molecule has 1 saturated heterocycles. The molecule has 0 radical (unpaired) electrons. The SMILES string of the molecule is O=C(c1ccccn1)N1CC[C@@]23C(=O)N(Cc4cn(nn4)CCCOc4cccc(c4)[C@H]12)c1ccccc13. The second-order valence-corrected chi connectivity index (χ2v) is 9.99. The fraction of sp³-hybridized carbons (Fsp3) is 0.276. The number of carbonyl (C=O) groups excluding carboxylic acids is 2. The van der Waals surface area contributed by atoms with Crippen molar-refractivity contribution in [2.75, 3.05) is 18.1 Å². The third-order valence-electron chi connectivity index (χ3n) is 7.85. The third-order valence-corrected chi connectivity index (χ3v) is 7.85. The molecule has 7 rings (SSSR count). The summed E-state index contributed by atoms with van der Waals surface area (Å²) in [7, 11) is 0. The van der Waals surface area contributed by atoms with Crippen LogP contribution in [0.2, 0.25) is 0 Å². The molecule has 9 heteroatoms. The third kappa shape index (κ3) is 3.42. The molecule has 3 aliphatic rings. The average Bonchev–Trinajstić information content (AvgIpc) is 3.64. The van der Waals surface area contributed by atoms with Crippen molar-refractivity contribution in [1.82, 2.24) is 24.9 Å². The highest BCUT2D eigenvalue weighted by molar-refractivity contribution is 6.09. The number of fused-ring (bicyclic) bond motifs is 8. The lowest BCUT2D eigenvalue weighted by Gasteiger charge is -2.35. The van der Waals surface area contributed by atoms with Gasteiger partial charge in [0.1, 0.15) is 22.6 Å². The van der Waals surface area contributed by atoms with Crippen molar-refractivity contribution in [3.05, 3.63) is 102 Å². The van der Waals surface area contributed by atoms with Crippen LogP contribution in [0.15, 0.2) is 79.1 Å². The normalized spacial score (nSPS) is 22.2. The van der Waals surface area contributed by atoms with Gasteiger partial charge in [0.05, 0.1) is 25.4 Å². The van der Waals surface area contributed by atoms with Gasteiger partial charge in [0, 0.05) is 31.4 Å². The van der Waals surface area contributed by atoms with Crippen LogP contribution in [0.1, 0.15) is 46.2 Å². The lowest BCUT2D eigenvalue weighted by molar-refractivity contribution is -0.124. The molecule has 38 heavy (non-hydrogen) atoms. The summed E-state index contributed by atoms with van der Waals surface area (Å²) in [4.78, 5) is 36.4. The van der Waals surface area contributed by atoms with E-state index < -0.39 is 11.5 Å². The molecule has 2 aromatic heterocycles. The number of ether oxygens (including phenoxy) is 1. The predicted molar refractivity (Wildman–Crippen MR) is 139 cm³/mol. The van der Waals surface area contributed by atoms with Gasteiger partial charge < -0.3 is 14.5 Å². The van der Waals surface area contributed by atoms with E-state index in [0.717, 1.165) is 28.9 Å². The molecule has 190 valence electrons. The van der Waals surface area contributed by atoms with Crippen molar-refractivity contribution in [2.45, 2.75) is 37.4 Å². The largest absolute Gasteiger partial charge is 0.494 e. The van der Waals surface area contributed by atoms with Crippen LogP contribution in [0, 0.1) is 0 Å². The first-order chi connectivity index (χ1) is 18.6. The Bertz CT molecular complexity index is 1540. The first-order valence-corrected chi connectivity index (χ1v) is 12.9. The van der Waals surface area contributed by atoms with Crippen molar-refractivity contribution in [2.24, 2.45) is 0 Å². The highest BCUT2D eigenvalue weighted by Gasteiger charge is 2.61. The number of rotatable bonds is 1. The maximum atomic E-state index is 14.6. The molecule has 1 fully saturated rings. The standard InChI is InChI=1S/C29H26N6O3/c36-27(24-10-3-4-13-30-24)34-15-12-29-23-9-1-2-11-25(23)35(28(29)37)19-21-18-33(32-31-21)14-6-16-38-22-8-5-7-20(17-22)26(29)34/h1-5,7-11,13,17-18,26H,6,12,14-16,19H2/t26-,29-/m0/s1. The summed E-state index contributed by atoms with van der Waals surface area (Å²) < 4.78 is 7.89. The van der Waals surface area contributed by atoms with Gasteiger partial charge in [-0.05, 0) is 47.9 Å². The number of hydrogen-bond donors (Lipinski definition) is 0. The van der Waals surface area contributed by atoms with E-state index in [-0.39, 0.29) is 11.8 Å². The first-order valence-electron chi connectivity index (χ1n) is 12.9. The Kier molecular flexibility index (Phi) is 5.24. The van der Waals surface area contributed by atoms with E-state index >= 15 is 0 Å². The highest BCUT2D eigenvalue weighted by Crippen LogP contribution is 2.57. The topological polar surface area (TPSA) is 93.5 Å². The van der Waals surface area contributed by atoms with Gasteiger partial charge in [0.2, 0.25) is 5.91 Å². The molecule has 0 N–H and O–H groups in total. The number of hydrogen-bond acceptors (Lipinski definition) is 6. The fourth-order valence-corrected chi connectivity index (χ4v) is 6.24. The van der Waals surface area contributed by atoms with E-state index in [1.54, 1.807) is 23.0 Å². The van der Waals surface area contributed by atoms with Crippen molar-refractivity contribution >= 4 is 17.5 Å². The summed E-state index contributed by atoms with van der Waals surface area (Å²) in [5, 5.41) is 8.61. The van der Waals surface area contributed by atoms with Gasteiger partial charge in [0.15, 0.2) is 0 Å². The minimum atomic E-state index is -0.949. The Morgan fingerprint density at radius 1 is 1.03 bits per heavy atom. The number of aryl methyl sites for hydroxylation is 1. The summed E-state index contributed by atoms with van der Waals surface area (Å²) >= 11 is 0. The van der Waals surface area contributed by atoms with Crippen molar-refractivity contribution < 1.29 is 14.3 Å². The van der Waals surface area contributed by atoms with Gasteiger partial charge >= 0.3 is 0 Å². The van der Waals surface area contributed by atoms with Gasteiger partial charge in [0.25, 0.3) is 5.91 Å². The van der Waals surface area contributed by atoms with Gasteiger partial charge in [-0.1, -0.05) is 41.6 Å². The number of para-hydroxylation sites is 1. The Labute approximate surface area is 219 Å². The number of pyridine rings is 1. The van der Waals surface area contributed by atoms with E-state index in [1.165, 1.54) is 0 Å². The van der Waals surface area contributed by atoms with Crippen LogP contribution < -0.4 is 9.64 Å². The Morgan fingerprint density at radius 2 is 1.92 bits per heavy atom. The molecule has 9 nitrogen and oxygen atoms in total. The Hall–Kier alpha value is -4.53. The summed E-state index contributed by atoms with van der Waals surface area (Å²) in [6, 6.07) is 20.5. The monoisotopic (exact) mass is 506 g/mol. The quantitative estimate of drug-likeness (QED) is 0.392. The number of anilines is 1. The molecule has 4 aromatic rings. The van der Waals surface area contributed by atoms with Crippen LogP contribution in [0.4, 0.5) is 5.69 Å². The Morgan fingerprint density at radius 3 is 2.82 bits per heavy atom. The maximum absolute atomic E-state index is 14.6. The lowest BCUT2D eigenvalue weighted by atomic mass is 9.72. The van der Waals surface area contributed by atoms with Crippen molar-refractivity contribution in [1.29, 1.82) is 0 Å². The summed E-state index contributed by atoms with van der Waals surface area (Å²) in [5.74, 6) is 0.485. The number of carbonyl (C=O) groups is 2. The van der Waals surface area contributed by atoms with Crippen LogP contribution >= 0.6 is 0 Å². The first kappa shape index (κ1) is 22.7. The summed E-state index contributed by atoms with van der Waals surface area (Å²) in [6.45, 7) is 1.92. The minimum absolute atomic E-state index is 0.0317. The second kappa shape index (κ2) is 8.79. The second-order valence-electron chi connectivity index (χ2n) is 9.99. The van der Waals surface area contributed by atoms with Crippen LogP contribution in [-0.4, -0.2) is 49.8 Å². The molecule has 0 unspecified atom stereocenters. The van der Waals surface area contributed by atoms with Gasteiger partial charge in [-0.25, -0.2) is 0 Å². The highest BCUT2D eigenvalue weighted by atomic mass is 16.5. The van der Waals surface area contributed by atoms with E-state index in [0.29, 0.717) is 44.1 Å². The summed E-state index contributed by atoms with van der Waals surface area (Å²) in [5.41, 5.74) is 2.78. The zero-order valence-electron chi connectivity index (χ0n) is 20.7. The Balaban J connectivity index is 1.43. The van der Waals surface area contributed by atoms with Crippen molar-refractivity contribution in [3.63, 3.8) is 0 Å². The number of aromatic nitrogens is 4. The number of nitrogens with zero attached hydrogens (tertiary/aromatic N) is 6. The molecular weight excluding hydrogens is 480 g/mol. The van der Waals surface area contributed by atoms with E-state index in [2.05, 4.69) is 15.3 Å². The molecular formula is C29H26N6O3. The van der Waals surface area contributed by atoms with Crippen molar-refractivity contribution in [3.8, 4) is 5.75 Å². The molecule has 6 bridgehead atoms. The lowest BCUT2D eigenvalue weighted by Crippen LogP contribution is -2.45. The molecule has 1 spiro atoms. The average molecular weight is 507 g/mol. The van der Waals surface area contributed by atoms with Crippen LogP contribution in [0.3, 0.4) is 0 Å². The zero-order chi connectivity index (χ0) is 25.7. The molecule has 5 heterocycles. The number of benzene rings is 2. The number of likely N-dealkylation sites (tertiary alicyclic amines) is 1. The van der Waals surface area contributed by atoms with E-state index in [1.807, 2.05) is 70.6 Å². The molecule has 0 saturated carbocycles. The molecule has 0 aliphatic carbocycles. The van der Waals surface area contributed by atoms with Gasteiger partial charge in [-0.2, -0.15) is 0 Å². The predicted octanol–water partition coefficient (Wildman–Crippen LogP) is 3.53. The van der Waals surface area contributed by atoms with E-state index in [4.69, 9.17) is 4.74 Å². The minimum Gasteiger partial charge on any atom is -0.494 e. The van der Waals surface area contributed by atoms with Gasteiger partial charge in [-0.3, -0.25) is 19.3 Å². The maximum Gasteiger partial charge on any atom is 0.273 e. The van der Waals surface area contributed by atoms with Crippen LogP contribution in [0.5, 0.6) is 5.75 Å². The van der Waals surface area contributed by atoms with E-state index in [9.17, 15) is 9.59 Å². The number of amides is 2. The zero-order valence-corrected chi connectivity index (χ0v) is 20.7. The molecule has 2 atom stereocenters. The smallest absolute Gasteiger partial charge is 0.273 e. The van der Waals surface area contributed by atoms with Crippen LogP contribution in [0.25, 0.3) is 0 Å². The fourth-order valence-electron chi connectivity index (χ4n) is 6.24. The van der Waals surface area contributed by atoms with Gasteiger partial charge in [-0.15, -0.1) is 5.10 Å². The molecule has 2 aromatic carbocycles.